The van der Waals surface area contributed by atoms with Gasteiger partial charge in [0.1, 0.15) is 11.5 Å². The monoisotopic (exact) mass is 422 g/mol. The Morgan fingerprint density at radius 1 is 0.750 bits per heavy atom. The van der Waals surface area contributed by atoms with Gasteiger partial charge in [0.05, 0.1) is 0 Å². The van der Waals surface area contributed by atoms with Gasteiger partial charge in [-0.2, -0.15) is 0 Å². The molecule has 8 heteroatoms. The van der Waals surface area contributed by atoms with E-state index in [1.54, 1.807) is 48.5 Å². The molecule has 28 heavy (non-hydrogen) atoms. The molecule has 0 unspecified atom stereocenters. The molecule has 0 saturated heterocycles. The van der Waals surface area contributed by atoms with Gasteiger partial charge in [-0.25, -0.2) is 0 Å². The van der Waals surface area contributed by atoms with Crippen LogP contribution < -0.4 is 20.1 Å². The number of hydrogen-bond acceptors (Lipinski definition) is 4. The highest BCUT2D eigenvalue weighted by atomic mass is 35.5. The number of halogens is 2. The van der Waals surface area contributed by atoms with Gasteiger partial charge < -0.3 is 20.1 Å². The molecule has 0 radical (unpaired) electrons. The molecule has 0 aliphatic heterocycles. The van der Waals surface area contributed by atoms with Gasteiger partial charge in [-0.15, -0.1) is 0 Å². The minimum absolute atomic E-state index is 0.0313. The van der Waals surface area contributed by atoms with E-state index in [4.69, 9.17) is 32.7 Å². The van der Waals surface area contributed by atoms with Crippen LogP contribution in [-0.4, -0.2) is 37.1 Å². The van der Waals surface area contributed by atoms with E-state index in [9.17, 15) is 9.59 Å². The first-order valence-electron chi connectivity index (χ1n) is 8.83. The number of ether oxygens (including phenoxy) is 2. The highest BCUT2D eigenvalue weighted by molar-refractivity contribution is 6.30. The highest BCUT2D eigenvalue weighted by Gasteiger charge is 2.31. The minimum Gasteiger partial charge on any atom is -0.484 e. The predicted molar refractivity (Wildman–Crippen MR) is 107 cm³/mol. The molecule has 2 N–H and O–H groups in total. The fourth-order valence-electron chi connectivity index (χ4n) is 2.75. The summed E-state index contributed by atoms with van der Waals surface area (Å²) in [7, 11) is 0. The second kappa shape index (κ2) is 9.66. The summed E-state index contributed by atoms with van der Waals surface area (Å²) in [6.07, 6.45) is 1.36. The van der Waals surface area contributed by atoms with Crippen molar-refractivity contribution < 1.29 is 19.1 Å². The van der Waals surface area contributed by atoms with Crippen LogP contribution in [0.25, 0.3) is 0 Å². The van der Waals surface area contributed by atoms with Crippen LogP contribution in [0.2, 0.25) is 10.0 Å². The van der Waals surface area contributed by atoms with Crippen LogP contribution in [0, 0.1) is 0 Å². The highest BCUT2D eigenvalue weighted by Crippen LogP contribution is 2.20. The molecule has 0 spiro atoms. The molecule has 148 valence electrons. The van der Waals surface area contributed by atoms with Crippen molar-refractivity contribution in [3.05, 3.63) is 58.6 Å². The number of benzene rings is 2. The molecule has 6 nitrogen and oxygen atoms in total. The zero-order valence-corrected chi connectivity index (χ0v) is 16.5. The van der Waals surface area contributed by atoms with Gasteiger partial charge in [0.25, 0.3) is 11.8 Å². The van der Waals surface area contributed by atoms with Gasteiger partial charge >= 0.3 is 0 Å². The molecule has 2 aromatic carbocycles. The summed E-state index contributed by atoms with van der Waals surface area (Å²) in [5.41, 5.74) is 0. The number of carbonyl (C=O) groups is 2. The standard InChI is InChI=1S/C20H20Cl2N2O4/c21-13-1-5-17(6-2-13)27-11-19(25)23-15-9-16(10-15)24-20(26)12-28-18-7-3-14(22)4-8-18/h1-8,15-16H,9-12H2,(H,23,25)(H,24,26)/t15-,16+. The van der Waals surface area contributed by atoms with Crippen LogP contribution in [0.5, 0.6) is 11.5 Å². The van der Waals surface area contributed by atoms with E-state index < -0.39 is 0 Å². The summed E-state index contributed by atoms with van der Waals surface area (Å²) < 4.78 is 10.8. The Morgan fingerprint density at radius 3 is 1.46 bits per heavy atom. The molecule has 1 aliphatic rings. The SMILES string of the molecule is O=C(COc1ccc(Cl)cc1)N[C@H]1C[C@@H](NC(=O)COc2ccc(Cl)cc2)C1. The lowest BCUT2D eigenvalue weighted by Gasteiger charge is -2.36. The molecule has 0 bridgehead atoms. The van der Waals surface area contributed by atoms with Crippen molar-refractivity contribution >= 4 is 35.0 Å². The summed E-state index contributed by atoms with van der Waals surface area (Å²) in [4.78, 5) is 23.8. The maximum Gasteiger partial charge on any atom is 0.258 e. The van der Waals surface area contributed by atoms with E-state index in [-0.39, 0.29) is 37.1 Å². The molecule has 3 rings (SSSR count). The van der Waals surface area contributed by atoms with Crippen molar-refractivity contribution in [2.75, 3.05) is 13.2 Å². The van der Waals surface area contributed by atoms with Crippen molar-refractivity contribution in [1.82, 2.24) is 10.6 Å². The third kappa shape index (κ3) is 6.32. The van der Waals surface area contributed by atoms with E-state index in [0.29, 0.717) is 34.4 Å². The van der Waals surface area contributed by atoms with Gasteiger partial charge in [-0.3, -0.25) is 9.59 Å². The quantitative estimate of drug-likeness (QED) is 0.684. The summed E-state index contributed by atoms with van der Waals surface area (Å²) in [5, 5.41) is 6.98. The number of nitrogens with one attached hydrogen (secondary N) is 2. The van der Waals surface area contributed by atoms with Crippen molar-refractivity contribution in [3.63, 3.8) is 0 Å². The molecule has 2 amide bonds. The smallest absolute Gasteiger partial charge is 0.258 e. The first-order chi connectivity index (χ1) is 13.5. The molecule has 1 aliphatic carbocycles. The van der Waals surface area contributed by atoms with Crippen LogP contribution in [0.15, 0.2) is 48.5 Å². The number of amides is 2. The number of carbonyl (C=O) groups excluding carboxylic acids is 2. The van der Waals surface area contributed by atoms with Gasteiger partial charge in [-0.1, -0.05) is 23.2 Å². The molecule has 1 fully saturated rings. The molecular formula is C20H20Cl2N2O4. The molecule has 0 aromatic heterocycles. The average molecular weight is 423 g/mol. The molecule has 0 atom stereocenters. The van der Waals surface area contributed by atoms with E-state index in [2.05, 4.69) is 10.6 Å². The zero-order chi connectivity index (χ0) is 19.9. The van der Waals surface area contributed by atoms with Gasteiger partial charge in [0.15, 0.2) is 13.2 Å². The van der Waals surface area contributed by atoms with Gasteiger partial charge in [0, 0.05) is 22.1 Å². The Kier molecular flexibility index (Phi) is 7.01. The van der Waals surface area contributed by atoms with Crippen LogP contribution in [0.1, 0.15) is 12.8 Å². The van der Waals surface area contributed by atoms with Gasteiger partial charge in [-0.05, 0) is 61.4 Å². The van der Waals surface area contributed by atoms with Crippen molar-refractivity contribution in [2.45, 2.75) is 24.9 Å². The third-order valence-electron chi connectivity index (χ3n) is 4.24. The minimum atomic E-state index is -0.198. The molecular weight excluding hydrogens is 403 g/mol. The fraction of sp³-hybridized carbons (Fsp3) is 0.300. The first kappa shape index (κ1) is 20.3. The summed E-state index contributed by atoms with van der Waals surface area (Å²) in [6, 6.07) is 13.7. The fourth-order valence-corrected chi connectivity index (χ4v) is 3.00. The second-order valence-corrected chi connectivity index (χ2v) is 7.36. The number of hydrogen-bond donors (Lipinski definition) is 2. The van der Waals surface area contributed by atoms with E-state index in [1.807, 2.05) is 0 Å². The van der Waals surface area contributed by atoms with E-state index in [0.717, 1.165) is 0 Å². The predicted octanol–water partition coefficient (Wildman–Crippen LogP) is 3.21. The Morgan fingerprint density at radius 2 is 1.11 bits per heavy atom. The normalized spacial score (nSPS) is 17.9. The van der Waals surface area contributed by atoms with Crippen molar-refractivity contribution in [3.8, 4) is 11.5 Å². The summed E-state index contributed by atoms with van der Waals surface area (Å²) >= 11 is 11.6. The maximum absolute atomic E-state index is 11.9. The van der Waals surface area contributed by atoms with Crippen LogP contribution in [0.4, 0.5) is 0 Å². The van der Waals surface area contributed by atoms with Crippen LogP contribution in [0.3, 0.4) is 0 Å². The lowest BCUT2D eigenvalue weighted by Crippen LogP contribution is -2.55. The first-order valence-corrected chi connectivity index (χ1v) is 9.59. The summed E-state index contributed by atoms with van der Waals surface area (Å²) in [6.45, 7) is -0.131. The average Bonchev–Trinajstić information content (AvgIpc) is 2.65. The zero-order valence-electron chi connectivity index (χ0n) is 15.0. The lowest BCUT2D eigenvalue weighted by atomic mass is 9.86. The van der Waals surface area contributed by atoms with Crippen LogP contribution >= 0.6 is 23.2 Å². The molecule has 1 saturated carbocycles. The largest absolute Gasteiger partial charge is 0.484 e. The number of rotatable bonds is 8. The Bertz CT molecular complexity index is 738. The second-order valence-electron chi connectivity index (χ2n) is 6.49. The van der Waals surface area contributed by atoms with E-state index >= 15 is 0 Å². The lowest BCUT2D eigenvalue weighted by molar-refractivity contribution is -0.125. The third-order valence-corrected chi connectivity index (χ3v) is 4.74. The van der Waals surface area contributed by atoms with Crippen molar-refractivity contribution in [2.24, 2.45) is 0 Å². The maximum atomic E-state index is 11.9. The van der Waals surface area contributed by atoms with Crippen molar-refractivity contribution in [1.29, 1.82) is 0 Å². The Balaban J connectivity index is 1.28. The van der Waals surface area contributed by atoms with Gasteiger partial charge in [0.2, 0.25) is 0 Å². The summed E-state index contributed by atoms with van der Waals surface area (Å²) in [5.74, 6) is 0.768. The molecule has 0 heterocycles. The topological polar surface area (TPSA) is 76.7 Å². The van der Waals surface area contributed by atoms with E-state index in [1.165, 1.54) is 0 Å². The Labute approximate surface area is 173 Å². The molecule has 2 aromatic rings. The Hall–Kier alpha value is -2.44. The van der Waals surface area contributed by atoms with Crippen LogP contribution in [-0.2, 0) is 9.59 Å².